The third kappa shape index (κ3) is 6.45. The Labute approximate surface area is 115 Å². The second-order valence-corrected chi connectivity index (χ2v) is 6.49. The molecule has 0 aliphatic heterocycles. The lowest BCUT2D eigenvalue weighted by Crippen LogP contribution is -2.50. The van der Waals surface area contributed by atoms with Gasteiger partial charge in [-0.3, -0.25) is 4.79 Å². The van der Waals surface area contributed by atoms with Gasteiger partial charge in [-0.1, -0.05) is 19.8 Å². The first kappa shape index (κ1) is 15.8. The third-order valence-electron chi connectivity index (χ3n) is 3.35. The molecule has 0 heterocycles. The van der Waals surface area contributed by atoms with Crippen molar-refractivity contribution in [3.8, 4) is 0 Å². The van der Waals surface area contributed by atoms with Crippen molar-refractivity contribution < 1.29 is 9.59 Å². The van der Waals surface area contributed by atoms with E-state index in [1.807, 2.05) is 20.8 Å². The number of carbonyl (C=O) groups is 2. The van der Waals surface area contributed by atoms with Crippen LogP contribution < -0.4 is 16.0 Å². The average molecular weight is 269 g/mol. The molecule has 2 atom stereocenters. The molecule has 1 aliphatic rings. The van der Waals surface area contributed by atoms with Crippen molar-refractivity contribution >= 4 is 11.9 Å². The van der Waals surface area contributed by atoms with Crippen LogP contribution in [0.5, 0.6) is 0 Å². The van der Waals surface area contributed by atoms with Crippen molar-refractivity contribution in [1.82, 2.24) is 16.0 Å². The van der Waals surface area contributed by atoms with Gasteiger partial charge in [0.2, 0.25) is 5.91 Å². The lowest BCUT2D eigenvalue weighted by Gasteiger charge is -2.29. The molecule has 1 rings (SSSR count). The second-order valence-electron chi connectivity index (χ2n) is 6.49. The first-order chi connectivity index (χ1) is 8.78. The van der Waals surface area contributed by atoms with Gasteiger partial charge in [0.1, 0.15) is 0 Å². The van der Waals surface area contributed by atoms with Crippen molar-refractivity contribution in [3.63, 3.8) is 0 Å². The zero-order valence-corrected chi connectivity index (χ0v) is 12.5. The van der Waals surface area contributed by atoms with Crippen molar-refractivity contribution in [1.29, 1.82) is 0 Å². The van der Waals surface area contributed by atoms with E-state index in [2.05, 4.69) is 22.9 Å². The van der Waals surface area contributed by atoms with Gasteiger partial charge < -0.3 is 16.0 Å². The molecule has 0 aromatic carbocycles. The van der Waals surface area contributed by atoms with Gasteiger partial charge in [0.05, 0.1) is 6.54 Å². The molecule has 3 N–H and O–H groups in total. The third-order valence-corrected chi connectivity index (χ3v) is 3.35. The van der Waals surface area contributed by atoms with E-state index in [0.717, 1.165) is 12.8 Å². The maximum absolute atomic E-state index is 11.7. The molecule has 3 amide bonds. The number of amides is 3. The fourth-order valence-corrected chi connectivity index (χ4v) is 2.37. The second kappa shape index (κ2) is 6.78. The average Bonchev–Trinajstić information content (AvgIpc) is 2.27. The summed E-state index contributed by atoms with van der Waals surface area (Å²) in [5, 5.41) is 8.37. The number of nitrogens with one attached hydrogen (secondary N) is 3. The van der Waals surface area contributed by atoms with Crippen LogP contribution in [0.15, 0.2) is 0 Å². The summed E-state index contributed by atoms with van der Waals surface area (Å²) in [5.74, 6) is 0.349. The minimum absolute atomic E-state index is 0.0181. The number of urea groups is 1. The number of carbonyl (C=O) groups excluding carboxylic acids is 2. The van der Waals surface area contributed by atoms with E-state index in [1.54, 1.807) is 0 Å². The van der Waals surface area contributed by atoms with Gasteiger partial charge >= 0.3 is 6.03 Å². The van der Waals surface area contributed by atoms with Gasteiger partial charge in [0, 0.05) is 11.6 Å². The summed E-state index contributed by atoms with van der Waals surface area (Å²) in [7, 11) is 0. The minimum atomic E-state index is -0.271. The molecule has 0 aromatic heterocycles. The van der Waals surface area contributed by atoms with E-state index in [4.69, 9.17) is 0 Å². The predicted molar refractivity (Wildman–Crippen MR) is 75.9 cm³/mol. The van der Waals surface area contributed by atoms with Crippen LogP contribution in [-0.4, -0.2) is 30.1 Å². The Morgan fingerprint density at radius 2 is 1.79 bits per heavy atom. The van der Waals surface area contributed by atoms with Gasteiger partial charge in [0.15, 0.2) is 0 Å². The summed E-state index contributed by atoms with van der Waals surface area (Å²) in [6.45, 7) is 7.92. The number of hydrogen-bond donors (Lipinski definition) is 3. The largest absolute Gasteiger partial charge is 0.350 e. The molecule has 19 heavy (non-hydrogen) atoms. The quantitative estimate of drug-likeness (QED) is 0.731. The van der Waals surface area contributed by atoms with Gasteiger partial charge in [0.25, 0.3) is 0 Å². The van der Waals surface area contributed by atoms with Gasteiger partial charge in [-0.05, 0) is 39.5 Å². The van der Waals surface area contributed by atoms with Crippen LogP contribution in [0, 0.1) is 5.92 Å². The smallest absolute Gasteiger partial charge is 0.315 e. The summed E-state index contributed by atoms with van der Waals surface area (Å²) >= 11 is 0. The zero-order valence-electron chi connectivity index (χ0n) is 12.5. The highest BCUT2D eigenvalue weighted by Crippen LogP contribution is 2.23. The Morgan fingerprint density at radius 1 is 1.16 bits per heavy atom. The fraction of sp³-hybridized carbons (Fsp3) is 0.857. The molecule has 0 radical (unpaired) electrons. The van der Waals surface area contributed by atoms with Gasteiger partial charge in [-0.2, -0.15) is 0 Å². The monoisotopic (exact) mass is 269 g/mol. The number of hydrogen-bond acceptors (Lipinski definition) is 2. The van der Waals surface area contributed by atoms with Crippen LogP contribution in [-0.2, 0) is 4.79 Å². The van der Waals surface area contributed by atoms with E-state index < -0.39 is 0 Å². The topological polar surface area (TPSA) is 70.2 Å². The lowest BCUT2D eigenvalue weighted by atomic mass is 9.86. The van der Waals surface area contributed by atoms with E-state index in [0.29, 0.717) is 5.92 Å². The molecule has 5 nitrogen and oxygen atoms in total. The first-order valence-corrected chi connectivity index (χ1v) is 7.13. The maximum Gasteiger partial charge on any atom is 0.315 e. The zero-order chi connectivity index (χ0) is 14.5. The molecule has 5 heteroatoms. The molecular weight excluding hydrogens is 242 g/mol. The molecule has 1 fully saturated rings. The van der Waals surface area contributed by atoms with Crippen LogP contribution in [0.1, 0.15) is 53.4 Å². The van der Waals surface area contributed by atoms with Crippen LogP contribution in [0.4, 0.5) is 4.79 Å². The molecule has 0 aromatic rings. The van der Waals surface area contributed by atoms with Crippen molar-refractivity contribution in [2.24, 2.45) is 5.92 Å². The van der Waals surface area contributed by atoms with E-state index >= 15 is 0 Å². The normalized spacial score (nSPS) is 23.6. The molecule has 0 spiro atoms. The summed E-state index contributed by atoms with van der Waals surface area (Å²) in [6, 6.07) is -0.0118. The highest BCUT2D eigenvalue weighted by molar-refractivity contribution is 5.84. The van der Waals surface area contributed by atoms with Crippen LogP contribution in [0.2, 0.25) is 0 Å². The van der Waals surface area contributed by atoms with Crippen molar-refractivity contribution in [3.05, 3.63) is 0 Å². The summed E-state index contributed by atoms with van der Waals surface area (Å²) < 4.78 is 0. The minimum Gasteiger partial charge on any atom is -0.350 e. The molecule has 1 aliphatic carbocycles. The maximum atomic E-state index is 11.7. The predicted octanol–water partition coefficient (Wildman–Crippen LogP) is 1.78. The van der Waals surface area contributed by atoms with Gasteiger partial charge in [-0.15, -0.1) is 0 Å². The lowest BCUT2D eigenvalue weighted by molar-refractivity contribution is -0.121. The first-order valence-electron chi connectivity index (χ1n) is 7.13. The van der Waals surface area contributed by atoms with Crippen LogP contribution in [0.25, 0.3) is 0 Å². The molecule has 0 saturated heterocycles. The Hall–Kier alpha value is -1.26. The summed E-state index contributed by atoms with van der Waals surface area (Å²) in [5.41, 5.74) is -0.271. The van der Waals surface area contributed by atoms with Crippen molar-refractivity contribution in [2.45, 2.75) is 65.0 Å². The number of rotatable bonds is 3. The van der Waals surface area contributed by atoms with E-state index in [-0.39, 0.29) is 30.1 Å². The molecule has 2 unspecified atom stereocenters. The summed E-state index contributed by atoms with van der Waals surface area (Å²) in [6.07, 6.45) is 4.60. The van der Waals surface area contributed by atoms with Crippen LogP contribution in [0.3, 0.4) is 0 Å². The van der Waals surface area contributed by atoms with Crippen LogP contribution >= 0.6 is 0 Å². The fourth-order valence-electron chi connectivity index (χ4n) is 2.37. The highest BCUT2D eigenvalue weighted by Gasteiger charge is 2.23. The molecule has 110 valence electrons. The van der Waals surface area contributed by atoms with Gasteiger partial charge in [-0.25, -0.2) is 4.79 Å². The molecular formula is C14H27N3O2. The highest BCUT2D eigenvalue weighted by atomic mass is 16.2. The Morgan fingerprint density at radius 3 is 2.37 bits per heavy atom. The Kier molecular flexibility index (Phi) is 5.63. The molecule has 0 bridgehead atoms. The SMILES string of the molecule is CC1CCCCC1NC(=O)NCC(=O)NC(C)(C)C. The standard InChI is InChI=1S/C14H27N3O2/c1-10-7-5-6-8-11(10)16-13(19)15-9-12(18)17-14(2,3)4/h10-11H,5-9H2,1-4H3,(H,17,18)(H2,15,16,19). The molecule has 1 saturated carbocycles. The Bertz CT molecular complexity index is 323. The van der Waals surface area contributed by atoms with Crippen molar-refractivity contribution in [2.75, 3.05) is 6.54 Å². The summed E-state index contributed by atoms with van der Waals surface area (Å²) in [4.78, 5) is 23.3. The van der Waals surface area contributed by atoms with E-state index in [9.17, 15) is 9.59 Å². The Balaban J connectivity index is 2.26. The van der Waals surface area contributed by atoms with E-state index in [1.165, 1.54) is 12.8 Å².